The van der Waals surface area contributed by atoms with Crippen LogP contribution in [0, 0.1) is 0 Å². The Kier molecular flexibility index (Phi) is 4.55. The maximum absolute atomic E-state index is 12.8. The van der Waals surface area contributed by atoms with E-state index < -0.39 is 26.0 Å². The molecule has 0 amide bonds. The van der Waals surface area contributed by atoms with E-state index in [2.05, 4.69) is 0 Å². The van der Waals surface area contributed by atoms with Crippen LogP contribution < -0.4 is 3.71 Å². The van der Waals surface area contributed by atoms with Gasteiger partial charge in [-0.05, 0) is 29.8 Å². The fraction of sp³-hybridized carbons (Fsp3) is 0.0952. The second-order valence-corrected chi connectivity index (χ2v) is 10.4. The molecule has 1 aliphatic rings. The molecule has 6 nitrogen and oxygen atoms in total. The number of anilines is 1. The monoisotopic (exact) mass is 427 g/mol. The van der Waals surface area contributed by atoms with E-state index in [-0.39, 0.29) is 21.3 Å². The molecule has 0 aliphatic carbocycles. The lowest BCUT2D eigenvalue weighted by Crippen LogP contribution is -2.30. The van der Waals surface area contributed by atoms with Crippen LogP contribution in [0.1, 0.15) is 28.8 Å². The highest BCUT2D eigenvalue weighted by atomic mass is 32.3. The van der Waals surface area contributed by atoms with E-state index in [9.17, 15) is 21.6 Å². The fourth-order valence-corrected chi connectivity index (χ4v) is 7.80. The SMILES string of the molecule is CC(C(=O)c1ccccc1)c1ccc(N2S(=O)(=O)c3ccccc3S2(=O)=O)cc1. The molecule has 0 fully saturated rings. The molecule has 29 heavy (non-hydrogen) atoms. The number of nitrogens with zero attached hydrogens (tertiary/aromatic N) is 1. The summed E-state index contributed by atoms with van der Waals surface area (Å²) < 4.78 is 51.7. The molecule has 4 rings (SSSR count). The summed E-state index contributed by atoms with van der Waals surface area (Å²) in [5.41, 5.74) is 1.24. The summed E-state index contributed by atoms with van der Waals surface area (Å²) in [6, 6.07) is 20.3. The molecule has 0 bridgehead atoms. The van der Waals surface area contributed by atoms with Crippen LogP contribution in [0.25, 0.3) is 0 Å². The molecule has 1 heterocycles. The largest absolute Gasteiger partial charge is 0.294 e. The Balaban J connectivity index is 1.70. The summed E-state index contributed by atoms with van der Waals surface area (Å²) in [6.07, 6.45) is 0. The van der Waals surface area contributed by atoms with Crippen LogP contribution in [0.15, 0.2) is 88.7 Å². The van der Waals surface area contributed by atoms with Crippen molar-refractivity contribution in [3.05, 3.63) is 90.0 Å². The number of fused-ring (bicyclic) bond motifs is 1. The van der Waals surface area contributed by atoms with E-state index in [1.807, 2.05) is 6.07 Å². The minimum atomic E-state index is -4.22. The third kappa shape index (κ3) is 3.04. The third-order valence-corrected chi connectivity index (χ3v) is 9.32. The number of hydrogen-bond donors (Lipinski definition) is 0. The van der Waals surface area contributed by atoms with Gasteiger partial charge in [-0.15, -0.1) is 0 Å². The zero-order valence-corrected chi connectivity index (χ0v) is 17.0. The molecule has 8 heteroatoms. The number of benzene rings is 3. The van der Waals surface area contributed by atoms with Gasteiger partial charge in [0.15, 0.2) is 5.78 Å². The molecule has 0 aromatic heterocycles. The van der Waals surface area contributed by atoms with Crippen LogP contribution in [0.4, 0.5) is 5.69 Å². The predicted molar refractivity (Wildman–Crippen MR) is 109 cm³/mol. The second kappa shape index (κ2) is 6.82. The molecule has 1 unspecified atom stereocenters. The highest BCUT2D eigenvalue weighted by Crippen LogP contribution is 2.40. The van der Waals surface area contributed by atoms with Crippen molar-refractivity contribution in [2.24, 2.45) is 0 Å². The van der Waals surface area contributed by atoms with Gasteiger partial charge in [-0.2, -0.15) is 20.5 Å². The van der Waals surface area contributed by atoms with Gasteiger partial charge in [0, 0.05) is 11.5 Å². The predicted octanol–water partition coefficient (Wildman–Crippen LogP) is 3.57. The number of carbonyl (C=O) groups excluding carboxylic acids is 1. The van der Waals surface area contributed by atoms with Crippen LogP contribution in [0.3, 0.4) is 0 Å². The average Bonchev–Trinajstić information content (AvgIpc) is 2.89. The molecule has 0 spiro atoms. The summed E-state index contributed by atoms with van der Waals surface area (Å²) in [7, 11) is -8.44. The molecule has 0 saturated heterocycles. The molecule has 0 saturated carbocycles. The van der Waals surface area contributed by atoms with Gasteiger partial charge in [-0.25, -0.2) is 0 Å². The number of sulfonamides is 2. The molecule has 1 aliphatic heterocycles. The van der Waals surface area contributed by atoms with Crippen LogP contribution in [-0.4, -0.2) is 22.6 Å². The first kappa shape index (κ1) is 19.4. The number of Topliss-reactive ketones (excluding diaryl/α,β-unsaturated/α-hetero) is 1. The lowest BCUT2D eigenvalue weighted by atomic mass is 9.92. The quantitative estimate of drug-likeness (QED) is 0.594. The normalized spacial score (nSPS) is 17.5. The molecule has 0 N–H and O–H groups in total. The highest BCUT2D eigenvalue weighted by molar-refractivity contribution is 8.12. The maximum atomic E-state index is 12.8. The number of hydrogen-bond acceptors (Lipinski definition) is 5. The van der Waals surface area contributed by atoms with Gasteiger partial charge in [-0.1, -0.05) is 61.5 Å². The Labute approximate surface area is 169 Å². The minimum Gasteiger partial charge on any atom is -0.294 e. The van der Waals surface area contributed by atoms with Gasteiger partial charge < -0.3 is 0 Å². The van der Waals surface area contributed by atoms with Gasteiger partial charge in [0.05, 0.1) is 5.69 Å². The van der Waals surface area contributed by atoms with Crippen LogP contribution >= 0.6 is 0 Å². The standard InChI is InChI=1S/C21H17NO5S2/c1-15(21(23)17-7-3-2-4-8-17)16-11-13-18(14-12-16)22-28(24,25)19-9-5-6-10-20(19)29(22,26)27/h2-15H,1H3. The molecular formula is C21H17NO5S2. The first-order valence-electron chi connectivity index (χ1n) is 8.83. The topological polar surface area (TPSA) is 88.6 Å². The van der Waals surface area contributed by atoms with Crippen LogP contribution in [-0.2, 0) is 20.0 Å². The summed E-state index contributed by atoms with van der Waals surface area (Å²) >= 11 is 0. The van der Waals surface area contributed by atoms with E-state index in [1.165, 1.54) is 36.4 Å². The summed E-state index contributed by atoms with van der Waals surface area (Å²) in [4.78, 5) is 12.2. The molecular weight excluding hydrogens is 410 g/mol. The Morgan fingerprint density at radius 1 is 0.724 bits per heavy atom. The number of ketones is 1. The van der Waals surface area contributed by atoms with Gasteiger partial charge in [0.2, 0.25) is 0 Å². The van der Waals surface area contributed by atoms with Crippen LogP contribution in [0.5, 0.6) is 0 Å². The Morgan fingerprint density at radius 3 is 1.72 bits per heavy atom. The van der Waals surface area contributed by atoms with Crippen molar-refractivity contribution >= 4 is 31.5 Å². The van der Waals surface area contributed by atoms with Crippen molar-refractivity contribution in [3.8, 4) is 0 Å². The van der Waals surface area contributed by atoms with Crippen molar-refractivity contribution in [3.63, 3.8) is 0 Å². The van der Waals surface area contributed by atoms with Crippen molar-refractivity contribution in [1.82, 2.24) is 0 Å². The first-order chi connectivity index (χ1) is 13.7. The van der Waals surface area contributed by atoms with Gasteiger partial charge in [0.1, 0.15) is 9.79 Å². The van der Waals surface area contributed by atoms with Gasteiger partial charge in [0.25, 0.3) is 20.0 Å². The molecule has 148 valence electrons. The summed E-state index contributed by atoms with van der Waals surface area (Å²) in [5.74, 6) is -0.539. The highest BCUT2D eigenvalue weighted by Gasteiger charge is 2.47. The van der Waals surface area contributed by atoms with E-state index >= 15 is 0 Å². The lowest BCUT2D eigenvalue weighted by molar-refractivity contribution is 0.0966. The summed E-state index contributed by atoms with van der Waals surface area (Å²) in [6.45, 7) is 1.75. The van der Waals surface area contributed by atoms with Crippen LogP contribution in [0.2, 0.25) is 0 Å². The molecule has 1 atom stereocenters. The van der Waals surface area contributed by atoms with E-state index in [0.717, 1.165) is 0 Å². The minimum absolute atomic E-state index is 0.00399. The third-order valence-electron chi connectivity index (χ3n) is 4.90. The molecule has 3 aromatic rings. The first-order valence-corrected chi connectivity index (χ1v) is 11.7. The van der Waals surface area contributed by atoms with E-state index in [4.69, 9.17) is 0 Å². The van der Waals surface area contributed by atoms with Crippen molar-refractivity contribution in [2.75, 3.05) is 3.71 Å². The Bertz CT molecular complexity index is 1250. The fourth-order valence-electron chi connectivity index (χ4n) is 3.35. The molecule has 3 aromatic carbocycles. The van der Waals surface area contributed by atoms with Crippen molar-refractivity contribution < 1.29 is 21.6 Å². The average molecular weight is 428 g/mol. The smallest absolute Gasteiger partial charge is 0.279 e. The van der Waals surface area contributed by atoms with Gasteiger partial charge in [-0.3, -0.25) is 4.79 Å². The van der Waals surface area contributed by atoms with Crippen molar-refractivity contribution in [1.29, 1.82) is 0 Å². The zero-order chi connectivity index (χ0) is 20.8. The van der Waals surface area contributed by atoms with Crippen molar-refractivity contribution in [2.45, 2.75) is 22.6 Å². The Hall–Kier alpha value is -2.97. The van der Waals surface area contributed by atoms with Gasteiger partial charge >= 0.3 is 0 Å². The number of carbonyl (C=O) groups is 1. The second-order valence-electron chi connectivity index (χ2n) is 6.70. The number of rotatable bonds is 4. The summed E-state index contributed by atoms with van der Waals surface area (Å²) in [5, 5.41) is 0. The van der Waals surface area contributed by atoms with E-state index in [1.54, 1.807) is 43.3 Å². The maximum Gasteiger partial charge on any atom is 0.279 e. The molecule has 0 radical (unpaired) electrons. The Morgan fingerprint density at radius 2 is 1.21 bits per heavy atom. The van der Waals surface area contributed by atoms with E-state index in [0.29, 0.717) is 14.8 Å². The zero-order valence-electron chi connectivity index (χ0n) is 15.4. The lowest BCUT2D eigenvalue weighted by Gasteiger charge is -2.17.